The number of carbonyl (C=O) groups is 1. The van der Waals surface area contributed by atoms with E-state index in [4.69, 9.17) is 19.2 Å². The normalized spacial score (nSPS) is 10.8. The number of aromatic nitrogens is 1. The summed E-state index contributed by atoms with van der Waals surface area (Å²) in [6.07, 6.45) is 0. The van der Waals surface area contributed by atoms with Crippen LogP contribution in [0.3, 0.4) is 0 Å². The molecule has 1 amide bonds. The van der Waals surface area contributed by atoms with Crippen LogP contribution >= 0.6 is 11.3 Å². The summed E-state index contributed by atoms with van der Waals surface area (Å²) in [4.78, 5) is 17.8. The van der Waals surface area contributed by atoms with Crippen molar-refractivity contribution >= 4 is 33.1 Å². The van der Waals surface area contributed by atoms with Gasteiger partial charge in [0.25, 0.3) is 5.91 Å². The summed E-state index contributed by atoms with van der Waals surface area (Å²) < 4.78 is 18.3. The average molecular weight is 477 g/mol. The van der Waals surface area contributed by atoms with E-state index in [0.717, 1.165) is 20.8 Å². The van der Waals surface area contributed by atoms with Gasteiger partial charge in [-0.15, -0.1) is 11.3 Å². The van der Waals surface area contributed by atoms with Crippen molar-refractivity contribution in [1.82, 2.24) is 4.98 Å². The maximum absolute atomic E-state index is 13.0. The van der Waals surface area contributed by atoms with Gasteiger partial charge in [-0.3, -0.25) is 4.79 Å². The van der Waals surface area contributed by atoms with Gasteiger partial charge in [-0.1, -0.05) is 6.07 Å². The predicted octanol–water partition coefficient (Wildman–Crippen LogP) is 6.72. The first-order valence-electron chi connectivity index (χ1n) is 11.4. The number of ether oxygens (including phenoxy) is 3. The van der Waals surface area contributed by atoms with E-state index >= 15 is 0 Å². The van der Waals surface area contributed by atoms with E-state index in [-0.39, 0.29) is 5.91 Å². The van der Waals surface area contributed by atoms with Gasteiger partial charge >= 0.3 is 0 Å². The largest absolute Gasteiger partial charge is 0.490 e. The molecule has 7 heteroatoms. The number of rotatable bonds is 9. The molecule has 0 spiro atoms. The molecule has 0 fully saturated rings. The predicted molar refractivity (Wildman–Crippen MR) is 138 cm³/mol. The molecule has 0 aliphatic rings. The highest BCUT2D eigenvalue weighted by molar-refractivity contribution is 7.21. The standard InChI is InChI=1S/C27H28N2O4S/c1-5-31-22-15-19(16-23(32-6-2)25(22)33-7-3)26(30)28-20-11-9-18(10-12-20)27-29-21-14-17(4)8-13-24(21)34-27/h8-16H,5-7H2,1-4H3,(H,28,30). The molecule has 0 radical (unpaired) electrons. The zero-order valence-electron chi connectivity index (χ0n) is 19.8. The molecule has 4 aromatic rings. The molecule has 0 aliphatic carbocycles. The molecule has 1 heterocycles. The number of hydrogen-bond donors (Lipinski definition) is 1. The number of thiazole rings is 1. The highest BCUT2D eigenvalue weighted by Crippen LogP contribution is 2.39. The fraction of sp³-hybridized carbons (Fsp3) is 0.259. The van der Waals surface area contributed by atoms with E-state index in [1.165, 1.54) is 5.56 Å². The summed E-state index contributed by atoms with van der Waals surface area (Å²) in [6, 6.07) is 17.4. The number of aryl methyl sites for hydroxylation is 1. The average Bonchev–Trinajstić information content (AvgIpc) is 3.25. The molecule has 0 atom stereocenters. The molecule has 1 aromatic heterocycles. The van der Waals surface area contributed by atoms with Gasteiger partial charge in [-0.25, -0.2) is 4.98 Å². The van der Waals surface area contributed by atoms with Gasteiger partial charge in [0.15, 0.2) is 11.5 Å². The molecule has 3 aromatic carbocycles. The lowest BCUT2D eigenvalue weighted by atomic mass is 10.1. The fourth-order valence-electron chi connectivity index (χ4n) is 3.58. The summed E-state index contributed by atoms with van der Waals surface area (Å²) in [6.45, 7) is 9.09. The van der Waals surface area contributed by atoms with Crippen LogP contribution in [0.5, 0.6) is 17.2 Å². The zero-order valence-corrected chi connectivity index (χ0v) is 20.6. The van der Waals surface area contributed by atoms with Crippen LogP contribution in [0.1, 0.15) is 36.7 Å². The summed E-state index contributed by atoms with van der Waals surface area (Å²) >= 11 is 1.66. The van der Waals surface area contributed by atoms with Crippen LogP contribution in [0.4, 0.5) is 5.69 Å². The lowest BCUT2D eigenvalue weighted by Crippen LogP contribution is -2.13. The van der Waals surface area contributed by atoms with Crippen LogP contribution in [0.2, 0.25) is 0 Å². The van der Waals surface area contributed by atoms with Gasteiger partial charge in [0.2, 0.25) is 5.75 Å². The number of hydrogen-bond acceptors (Lipinski definition) is 6. The molecule has 0 unspecified atom stereocenters. The Labute approximate surface area is 203 Å². The van der Waals surface area contributed by atoms with Crippen molar-refractivity contribution < 1.29 is 19.0 Å². The van der Waals surface area contributed by atoms with Crippen molar-refractivity contribution in [3.8, 4) is 27.8 Å². The minimum absolute atomic E-state index is 0.256. The summed E-state index contributed by atoms with van der Waals surface area (Å²) in [7, 11) is 0. The second kappa shape index (κ2) is 10.6. The first kappa shape index (κ1) is 23.6. The Bertz CT molecular complexity index is 1270. The van der Waals surface area contributed by atoms with Crippen LogP contribution in [0.15, 0.2) is 54.6 Å². The van der Waals surface area contributed by atoms with Crippen LogP contribution in [-0.2, 0) is 0 Å². The Morgan fingerprint density at radius 3 is 2.15 bits per heavy atom. The van der Waals surface area contributed by atoms with Crippen molar-refractivity contribution in [3.63, 3.8) is 0 Å². The van der Waals surface area contributed by atoms with E-state index in [2.05, 4.69) is 30.4 Å². The van der Waals surface area contributed by atoms with E-state index in [1.54, 1.807) is 23.5 Å². The van der Waals surface area contributed by atoms with Crippen LogP contribution < -0.4 is 19.5 Å². The fourth-order valence-corrected chi connectivity index (χ4v) is 4.53. The third kappa shape index (κ3) is 5.15. The lowest BCUT2D eigenvalue weighted by molar-refractivity contribution is 0.102. The number of amides is 1. The summed E-state index contributed by atoms with van der Waals surface area (Å²) in [5, 5.41) is 3.90. The minimum atomic E-state index is -0.256. The van der Waals surface area contributed by atoms with E-state index in [9.17, 15) is 4.79 Å². The van der Waals surface area contributed by atoms with E-state index in [1.807, 2.05) is 45.0 Å². The Morgan fingerprint density at radius 2 is 1.53 bits per heavy atom. The SMILES string of the molecule is CCOc1cc(C(=O)Nc2ccc(-c3nc4cc(C)ccc4s3)cc2)cc(OCC)c1OCC. The molecule has 4 rings (SSSR count). The van der Waals surface area contributed by atoms with Crippen molar-refractivity contribution in [2.24, 2.45) is 0 Å². The number of nitrogens with one attached hydrogen (secondary N) is 1. The molecule has 34 heavy (non-hydrogen) atoms. The van der Waals surface area contributed by atoms with E-state index < -0.39 is 0 Å². The number of benzene rings is 3. The van der Waals surface area contributed by atoms with Crippen molar-refractivity contribution in [2.45, 2.75) is 27.7 Å². The third-order valence-electron chi connectivity index (χ3n) is 5.10. The van der Waals surface area contributed by atoms with Crippen LogP contribution in [0.25, 0.3) is 20.8 Å². The molecule has 0 saturated heterocycles. The van der Waals surface area contributed by atoms with Crippen LogP contribution in [-0.4, -0.2) is 30.7 Å². The number of fused-ring (bicyclic) bond motifs is 1. The molecule has 0 aliphatic heterocycles. The second-order valence-corrected chi connectivity index (χ2v) is 8.65. The van der Waals surface area contributed by atoms with Gasteiger partial charge in [-0.05, 0) is 81.8 Å². The first-order chi connectivity index (χ1) is 16.5. The van der Waals surface area contributed by atoms with Crippen molar-refractivity contribution in [2.75, 3.05) is 25.1 Å². The molecular formula is C27H28N2O4S. The maximum Gasteiger partial charge on any atom is 0.255 e. The molecule has 0 bridgehead atoms. The minimum Gasteiger partial charge on any atom is -0.490 e. The Balaban J connectivity index is 1.56. The van der Waals surface area contributed by atoms with Gasteiger partial charge < -0.3 is 19.5 Å². The summed E-state index contributed by atoms with van der Waals surface area (Å²) in [5.41, 5.74) is 4.33. The molecule has 176 valence electrons. The lowest BCUT2D eigenvalue weighted by Gasteiger charge is -2.17. The van der Waals surface area contributed by atoms with E-state index in [0.29, 0.717) is 48.3 Å². The first-order valence-corrected chi connectivity index (χ1v) is 12.2. The number of nitrogens with zero attached hydrogens (tertiary/aromatic N) is 1. The van der Waals surface area contributed by atoms with Crippen molar-refractivity contribution in [1.29, 1.82) is 0 Å². The topological polar surface area (TPSA) is 69.7 Å². The quantitative estimate of drug-likeness (QED) is 0.290. The zero-order chi connectivity index (χ0) is 24.1. The number of anilines is 1. The van der Waals surface area contributed by atoms with Gasteiger partial charge in [0.1, 0.15) is 5.01 Å². The second-order valence-electron chi connectivity index (χ2n) is 7.62. The summed E-state index contributed by atoms with van der Waals surface area (Å²) in [5.74, 6) is 1.23. The Morgan fingerprint density at radius 1 is 0.882 bits per heavy atom. The third-order valence-corrected chi connectivity index (χ3v) is 6.19. The van der Waals surface area contributed by atoms with Crippen molar-refractivity contribution in [3.05, 3.63) is 65.7 Å². The highest BCUT2D eigenvalue weighted by atomic mass is 32.1. The molecule has 1 N–H and O–H groups in total. The highest BCUT2D eigenvalue weighted by Gasteiger charge is 2.18. The van der Waals surface area contributed by atoms with Crippen LogP contribution in [0, 0.1) is 6.92 Å². The number of carbonyl (C=O) groups excluding carboxylic acids is 1. The Kier molecular flexibility index (Phi) is 7.33. The Hall–Kier alpha value is -3.58. The van der Waals surface area contributed by atoms with Gasteiger partial charge in [0.05, 0.1) is 30.0 Å². The smallest absolute Gasteiger partial charge is 0.255 e. The van der Waals surface area contributed by atoms with Gasteiger partial charge in [0, 0.05) is 16.8 Å². The van der Waals surface area contributed by atoms with Gasteiger partial charge in [-0.2, -0.15) is 0 Å². The maximum atomic E-state index is 13.0. The molecular weight excluding hydrogens is 448 g/mol. The molecule has 0 saturated carbocycles. The molecule has 6 nitrogen and oxygen atoms in total. The monoisotopic (exact) mass is 476 g/mol.